The largest absolute Gasteiger partial charge is 0.497 e. The summed E-state index contributed by atoms with van der Waals surface area (Å²) < 4.78 is 156. The molecule has 0 radical (unpaired) electrons. The van der Waals surface area contributed by atoms with Crippen LogP contribution in [-0.2, 0) is 51.2 Å². The van der Waals surface area contributed by atoms with E-state index in [2.05, 4.69) is 78.3 Å². The molecule has 1 aliphatic rings. The molecule has 3 aromatic carbocycles. The molecular weight excluding hydrogens is 1310 g/mol. The summed E-state index contributed by atoms with van der Waals surface area (Å²) in [5.74, 6) is -16.6. The number of hydrogen-bond donors (Lipinski definition) is 4. The van der Waals surface area contributed by atoms with E-state index in [0.29, 0.717) is 69.5 Å². The number of esters is 2. The lowest BCUT2D eigenvalue weighted by Crippen LogP contribution is -2.34. The maximum absolute atomic E-state index is 13.5. The number of carbonyl (C=O) groups is 4. The normalized spacial score (nSPS) is 11.2. The van der Waals surface area contributed by atoms with Gasteiger partial charge in [0.15, 0.2) is 22.2 Å². The highest BCUT2D eigenvalue weighted by molar-refractivity contribution is 9.10. The zero-order valence-corrected chi connectivity index (χ0v) is 50.9. The quantitative estimate of drug-likeness (QED) is 0.0125. The lowest BCUT2D eigenvalue weighted by atomic mass is 10.1. The molecule has 0 amide bonds. The minimum absolute atomic E-state index is 0.103. The number of nitrogen functional groups attached to an aromatic ring is 2. The summed E-state index contributed by atoms with van der Waals surface area (Å²) >= 11 is 7.75. The number of H-pyrrole nitrogens is 2. The Labute approximate surface area is 519 Å². The number of nitrogens with one attached hydrogen (secondary N) is 2. The highest BCUT2D eigenvalue weighted by atomic mass is 79.9. The Morgan fingerprint density at radius 1 is 0.600 bits per heavy atom. The molecule has 3 aromatic heterocycles. The van der Waals surface area contributed by atoms with Gasteiger partial charge in [-0.25, -0.2) is 24.5 Å². The van der Waals surface area contributed by atoms with Crippen molar-refractivity contribution in [3.8, 4) is 17.2 Å². The standard InChI is InChI=1S/C12H9ClF2N2O.C12H8F2N2O2.C12H10F2N2O2.C7H8F2O3.C7H10N2O.C5H8O3.C3H3BrF2/c1-3-12(14,15)10-11(13)17-9-6-7(18-2)4-5-8(9)16-10;1-3-12(13,14)10-11(17)16-8-5-4-7(18-2)6-9(8)15-10;1-3-12(13,14)10-11(17)16-9-6-7(18-2)4-5-8(9)15-10;1-3-7(8,9)5(10)6(11)12-4-2;1-10-5-2-3-6(8)7(9)4-5;1-3-8-5(7)4(2)6;1-2-3(4,5)6/h3-6H,1H2,2H3;3-4,6H,1H2,2H3;3-6H,1H2,2H3,(H,16,17);3H,1,4H2,2H3;2-4H,8-9H2,1H3;3H2,1-2H3;2H,1H2/p+1. The van der Waals surface area contributed by atoms with E-state index in [1.807, 2.05) is 15.9 Å². The fourth-order valence-corrected chi connectivity index (χ4v) is 6.00. The van der Waals surface area contributed by atoms with Gasteiger partial charge in [-0.15, -0.1) is 0 Å². The number of methoxy groups -OCH3 is 4. The third-order valence-corrected chi connectivity index (χ3v) is 11.0. The zero-order valence-electron chi connectivity index (χ0n) is 48.6. The van der Waals surface area contributed by atoms with Gasteiger partial charge in [-0.2, -0.15) is 48.9 Å². The van der Waals surface area contributed by atoms with Crippen molar-refractivity contribution in [2.24, 2.45) is 0 Å². The molecule has 0 unspecified atom stereocenters. The number of halogens is 12. The van der Waals surface area contributed by atoms with Gasteiger partial charge in [-0.3, -0.25) is 24.2 Å². The highest BCUT2D eigenvalue weighted by Gasteiger charge is 2.41. The first-order valence-corrected chi connectivity index (χ1v) is 26.0. The molecule has 0 atom stereocenters. The van der Waals surface area contributed by atoms with Crippen molar-refractivity contribution in [1.82, 2.24) is 29.9 Å². The van der Waals surface area contributed by atoms with Crippen molar-refractivity contribution in [2.75, 3.05) is 53.1 Å². The van der Waals surface area contributed by atoms with E-state index in [4.69, 9.17) is 42.0 Å². The van der Waals surface area contributed by atoms with Crippen molar-refractivity contribution < 1.29 is 91.5 Å². The second kappa shape index (κ2) is 35.3. The van der Waals surface area contributed by atoms with Crippen molar-refractivity contribution in [2.45, 2.75) is 49.3 Å². The van der Waals surface area contributed by atoms with E-state index in [9.17, 15) is 72.7 Å². The summed E-state index contributed by atoms with van der Waals surface area (Å²) in [4.78, 5) is 81.0. The number of benzene rings is 3. The van der Waals surface area contributed by atoms with Crippen LogP contribution in [0.4, 0.5) is 55.3 Å². The average Bonchev–Trinajstić information content (AvgIpc) is 0.860. The number of hydrogen-bond acceptors (Lipinski definition) is 18. The topological polar surface area (TPSA) is 293 Å². The van der Waals surface area contributed by atoms with Gasteiger partial charge in [0, 0.05) is 25.1 Å². The highest BCUT2D eigenvalue weighted by Crippen LogP contribution is 2.34. The third-order valence-electron chi connectivity index (χ3n) is 10.4. The Morgan fingerprint density at radius 2 is 1.06 bits per heavy atom. The van der Waals surface area contributed by atoms with Gasteiger partial charge in [0.1, 0.15) is 29.4 Å². The Hall–Kier alpha value is -9.74. The third kappa shape index (κ3) is 24.1. The van der Waals surface area contributed by atoms with Gasteiger partial charge < -0.3 is 44.9 Å². The molecule has 20 nitrogen and oxygen atoms in total. The molecule has 90 heavy (non-hydrogen) atoms. The number of alkyl halides is 11. The van der Waals surface area contributed by atoms with Crippen LogP contribution in [0.1, 0.15) is 49.2 Å². The van der Waals surface area contributed by atoms with Crippen molar-refractivity contribution in [3.63, 3.8) is 0 Å². The summed E-state index contributed by atoms with van der Waals surface area (Å²) in [5, 5.41) is -0.347. The summed E-state index contributed by atoms with van der Waals surface area (Å²) in [7, 11) is 5.98. The number of aromatic amines is 2. The number of rotatable bonds is 17. The first-order valence-electron chi connectivity index (χ1n) is 24.8. The zero-order chi connectivity index (χ0) is 69.1. The minimum Gasteiger partial charge on any atom is -0.497 e. The lowest BCUT2D eigenvalue weighted by Gasteiger charge is -2.12. The molecule has 0 bridgehead atoms. The fraction of sp³-hybridized carbons (Fsp3) is 0.241. The molecule has 484 valence electrons. The van der Waals surface area contributed by atoms with E-state index < -0.39 is 80.2 Å². The Bertz CT molecular complexity index is 3750. The smallest absolute Gasteiger partial charge is 0.381 e. The number of ketones is 2. The second-order valence-electron chi connectivity index (χ2n) is 16.6. The molecule has 32 heteroatoms. The molecule has 0 aliphatic heterocycles. The number of fused-ring (bicyclic) bond motifs is 3. The van der Waals surface area contributed by atoms with Gasteiger partial charge in [0.2, 0.25) is 22.9 Å². The van der Waals surface area contributed by atoms with Gasteiger partial charge in [0.25, 0.3) is 11.1 Å². The summed E-state index contributed by atoms with van der Waals surface area (Å²) in [6, 6.07) is 14.5. The lowest BCUT2D eigenvalue weighted by molar-refractivity contribution is -0.162. The molecule has 0 saturated carbocycles. The number of nitrogens with two attached hydrogens (primary N) is 2. The van der Waals surface area contributed by atoms with E-state index in [-0.39, 0.29) is 41.3 Å². The van der Waals surface area contributed by atoms with Crippen LogP contribution < -0.4 is 36.8 Å². The number of ether oxygens (including phenoxy) is 6. The number of allylic oxidation sites excluding steroid dienone is 6. The van der Waals surface area contributed by atoms with Crippen molar-refractivity contribution in [1.29, 1.82) is 0 Å². The van der Waals surface area contributed by atoms with E-state index in [1.54, 1.807) is 56.5 Å². The van der Waals surface area contributed by atoms with E-state index in [0.717, 1.165) is 5.75 Å². The van der Waals surface area contributed by atoms with Crippen LogP contribution in [0, 0.1) is 6.08 Å². The predicted molar refractivity (Wildman–Crippen MR) is 319 cm³/mol. The summed E-state index contributed by atoms with van der Waals surface area (Å²) in [6.07, 6.45) is 7.48. The predicted octanol–water partition coefficient (Wildman–Crippen LogP) is 11.6. The number of carbonyl (C=O) groups excluding carboxylic acids is 4. The number of anilines is 2. The maximum Gasteiger partial charge on any atom is 0.381 e. The Morgan fingerprint density at radius 3 is 1.51 bits per heavy atom. The fourth-order valence-electron chi connectivity index (χ4n) is 5.74. The minimum atomic E-state index is -3.83. The molecule has 0 spiro atoms. The molecule has 6 aromatic rings. The average molecular weight is 1360 g/mol. The van der Waals surface area contributed by atoms with Gasteiger partial charge >= 0.3 is 46.2 Å². The maximum atomic E-state index is 13.5. The van der Waals surface area contributed by atoms with Crippen LogP contribution >= 0.6 is 27.5 Å². The van der Waals surface area contributed by atoms with Crippen molar-refractivity contribution in [3.05, 3.63) is 190 Å². The Kier molecular flexibility index (Phi) is 30.7. The first kappa shape index (κ1) is 78.3. The molecule has 7 rings (SSSR count). The Balaban J connectivity index is 0.000000541. The molecule has 0 fully saturated rings. The first-order chi connectivity index (χ1) is 41.9. The van der Waals surface area contributed by atoms with Gasteiger partial charge in [-0.1, -0.05) is 44.5 Å². The molecular formula is C58H57BrClF10N8O12+. The van der Waals surface area contributed by atoms with E-state index >= 15 is 0 Å². The van der Waals surface area contributed by atoms with Crippen LogP contribution in [0.25, 0.3) is 28.1 Å². The van der Waals surface area contributed by atoms with Crippen LogP contribution in [0.15, 0.2) is 139 Å². The SMILES string of the molecule is C=CC(F)(F)Br.C=CC(F)(F)C(=O)C(=O)OCC.C=CC(F)(F)c1nc2c([nH]c1=O)[C+]=CC(OC)=C2.C=CC(F)(F)c1nc2ccc(OC)cc2[nH]c1=O.C=CC(F)(F)c1nc2ccc(OC)cc2nc1Cl.CCOC(=O)C(C)=O.COc1ccc(N)c(N)c1. The van der Waals surface area contributed by atoms with Gasteiger partial charge in [0.05, 0.1) is 81.2 Å². The van der Waals surface area contributed by atoms with Crippen LogP contribution in [0.3, 0.4) is 0 Å². The molecule has 0 saturated heterocycles. The molecule has 3 heterocycles. The number of aromatic nitrogens is 6. The van der Waals surface area contributed by atoms with Crippen LogP contribution in [0.5, 0.6) is 17.2 Å². The number of nitrogens with zero attached hydrogens (tertiary/aromatic N) is 4. The van der Waals surface area contributed by atoms with Crippen LogP contribution in [-0.4, -0.2) is 106 Å². The monoisotopic (exact) mass is 1360 g/mol. The van der Waals surface area contributed by atoms with Crippen molar-refractivity contribution >= 4 is 90.6 Å². The van der Waals surface area contributed by atoms with E-state index in [1.165, 1.54) is 59.5 Å². The summed E-state index contributed by atoms with van der Waals surface area (Å²) in [5.41, 5.74) is 9.54. The van der Waals surface area contributed by atoms with Crippen LogP contribution in [0.2, 0.25) is 5.15 Å². The molecule has 1 aliphatic carbocycles. The second-order valence-corrected chi connectivity index (χ2v) is 18.0. The summed E-state index contributed by atoms with van der Waals surface area (Å²) in [6.45, 7) is 19.0. The number of Topliss-reactive ketones (excluding diaryl/α,β-unsaturated/α-hetero) is 2. The molecule has 6 N–H and O–H groups in total. The van der Waals surface area contributed by atoms with Gasteiger partial charge in [-0.05, 0) is 96.6 Å².